The summed E-state index contributed by atoms with van der Waals surface area (Å²) in [7, 11) is 0. The Kier molecular flexibility index (Phi) is 3.91. The van der Waals surface area contributed by atoms with E-state index in [-0.39, 0.29) is 5.69 Å². The van der Waals surface area contributed by atoms with E-state index >= 15 is 0 Å². The van der Waals surface area contributed by atoms with Gasteiger partial charge in [-0.15, -0.1) is 0 Å². The van der Waals surface area contributed by atoms with Crippen LogP contribution in [-0.2, 0) is 6.54 Å². The largest absolute Gasteiger partial charge is 0.350 e. The first-order valence-electron chi connectivity index (χ1n) is 4.79. The van der Waals surface area contributed by atoms with Gasteiger partial charge in [-0.25, -0.2) is 14.0 Å². The summed E-state index contributed by atoms with van der Waals surface area (Å²) in [5.74, 6) is 0. The molecule has 4 nitrogen and oxygen atoms in total. The molecule has 0 unspecified atom stereocenters. The smallest absolute Gasteiger partial charge is 0.250 e. The molecule has 0 atom stereocenters. The summed E-state index contributed by atoms with van der Waals surface area (Å²) >= 11 is 15.0. The molecule has 1 heterocycles. The van der Waals surface area contributed by atoms with Crippen molar-refractivity contribution in [2.75, 3.05) is 5.33 Å². The van der Waals surface area contributed by atoms with Crippen LogP contribution in [0.25, 0.3) is 5.69 Å². The van der Waals surface area contributed by atoms with Crippen LogP contribution in [0.15, 0.2) is 29.3 Å². The fraction of sp³-hybridized carbons (Fsp3) is 0.200. The molecule has 0 spiro atoms. The third-order valence-electron chi connectivity index (χ3n) is 2.21. The first kappa shape index (κ1) is 12.7. The molecule has 90 valence electrons. The summed E-state index contributed by atoms with van der Waals surface area (Å²) in [5.41, 5.74) is 0.438. The van der Waals surface area contributed by atoms with Crippen molar-refractivity contribution >= 4 is 39.1 Å². The Morgan fingerprint density at radius 2 is 2.06 bits per heavy atom. The molecule has 7 heteroatoms. The van der Waals surface area contributed by atoms with E-state index < -0.39 is 0 Å². The van der Waals surface area contributed by atoms with Gasteiger partial charge in [0.05, 0.1) is 22.3 Å². The van der Waals surface area contributed by atoms with Crippen LogP contribution in [0.2, 0.25) is 10.0 Å². The second-order valence-electron chi connectivity index (χ2n) is 3.29. The minimum atomic E-state index is -0.206. The zero-order chi connectivity index (χ0) is 12.4. The highest BCUT2D eigenvalue weighted by atomic mass is 79.9. The highest BCUT2D eigenvalue weighted by Crippen LogP contribution is 2.23. The van der Waals surface area contributed by atoms with Gasteiger partial charge in [0, 0.05) is 5.33 Å². The standard InChI is InChI=1S/C10H8BrCl2N3O/c11-3-4-16-10(17)15(6-14-16)7-1-2-8(12)9(13)5-7/h1-2,5-6H,3-4H2. The van der Waals surface area contributed by atoms with Crippen molar-refractivity contribution in [1.82, 2.24) is 14.3 Å². The SMILES string of the molecule is O=c1n(-c2ccc(Cl)c(Cl)c2)cnn1CCBr. The number of aromatic nitrogens is 3. The van der Waals surface area contributed by atoms with Crippen molar-refractivity contribution in [1.29, 1.82) is 0 Å². The lowest BCUT2D eigenvalue weighted by Crippen LogP contribution is -2.24. The average Bonchev–Trinajstić information content (AvgIpc) is 2.66. The molecular weight excluding hydrogens is 329 g/mol. The minimum absolute atomic E-state index is 0.206. The van der Waals surface area contributed by atoms with Gasteiger partial charge in [0.2, 0.25) is 0 Å². The fourth-order valence-electron chi connectivity index (χ4n) is 1.38. The summed E-state index contributed by atoms with van der Waals surface area (Å²) < 4.78 is 2.79. The molecule has 1 aromatic carbocycles. The molecule has 0 saturated carbocycles. The van der Waals surface area contributed by atoms with E-state index in [1.807, 2.05) is 0 Å². The summed E-state index contributed by atoms with van der Waals surface area (Å²) in [5, 5.41) is 5.53. The lowest BCUT2D eigenvalue weighted by molar-refractivity contribution is 0.637. The summed E-state index contributed by atoms with van der Waals surface area (Å²) in [6, 6.07) is 4.99. The number of aryl methyl sites for hydroxylation is 1. The Morgan fingerprint density at radius 3 is 2.71 bits per heavy atom. The van der Waals surface area contributed by atoms with E-state index in [1.54, 1.807) is 18.2 Å². The van der Waals surface area contributed by atoms with Crippen LogP contribution in [-0.4, -0.2) is 19.7 Å². The van der Waals surface area contributed by atoms with Gasteiger partial charge >= 0.3 is 5.69 Å². The van der Waals surface area contributed by atoms with Crippen molar-refractivity contribution in [3.05, 3.63) is 45.1 Å². The maximum absolute atomic E-state index is 11.9. The molecule has 2 aromatic rings. The lowest BCUT2D eigenvalue weighted by Gasteiger charge is -2.02. The van der Waals surface area contributed by atoms with Crippen molar-refractivity contribution in [2.24, 2.45) is 0 Å². The maximum Gasteiger partial charge on any atom is 0.350 e. The number of hydrogen-bond donors (Lipinski definition) is 0. The average molecular weight is 337 g/mol. The van der Waals surface area contributed by atoms with Crippen LogP contribution in [0.5, 0.6) is 0 Å². The molecule has 0 saturated heterocycles. The molecule has 0 fully saturated rings. The molecule has 0 aliphatic rings. The second-order valence-corrected chi connectivity index (χ2v) is 4.90. The van der Waals surface area contributed by atoms with Gasteiger partial charge in [-0.2, -0.15) is 5.10 Å². The molecule has 0 bridgehead atoms. The van der Waals surface area contributed by atoms with Crippen LogP contribution in [0, 0.1) is 0 Å². The summed E-state index contributed by atoms with van der Waals surface area (Å²) in [4.78, 5) is 11.9. The van der Waals surface area contributed by atoms with E-state index in [2.05, 4.69) is 21.0 Å². The Morgan fingerprint density at radius 1 is 1.29 bits per heavy atom. The minimum Gasteiger partial charge on any atom is -0.250 e. The van der Waals surface area contributed by atoms with Crippen LogP contribution in [0.3, 0.4) is 0 Å². The summed E-state index contributed by atoms with van der Waals surface area (Å²) in [6.45, 7) is 0.521. The Bertz CT molecular complexity index is 593. The Labute approximate surface area is 116 Å². The molecule has 17 heavy (non-hydrogen) atoms. The Balaban J connectivity index is 2.46. The van der Waals surface area contributed by atoms with Gasteiger partial charge in [-0.1, -0.05) is 39.1 Å². The van der Waals surface area contributed by atoms with Crippen LogP contribution in [0.4, 0.5) is 0 Å². The van der Waals surface area contributed by atoms with Crippen molar-refractivity contribution in [2.45, 2.75) is 6.54 Å². The van der Waals surface area contributed by atoms with E-state index in [1.165, 1.54) is 15.6 Å². The third kappa shape index (κ3) is 2.56. The van der Waals surface area contributed by atoms with E-state index in [4.69, 9.17) is 23.2 Å². The molecule has 0 radical (unpaired) electrons. The number of halogens is 3. The topological polar surface area (TPSA) is 39.8 Å². The fourth-order valence-corrected chi connectivity index (χ4v) is 2.01. The molecular formula is C10H8BrCl2N3O. The summed E-state index contributed by atoms with van der Waals surface area (Å²) in [6.07, 6.45) is 1.46. The predicted octanol–water partition coefficient (Wildman–Crippen LogP) is 2.74. The molecule has 0 aliphatic heterocycles. The van der Waals surface area contributed by atoms with Crippen LogP contribution < -0.4 is 5.69 Å². The zero-order valence-corrected chi connectivity index (χ0v) is 11.7. The second kappa shape index (κ2) is 5.25. The zero-order valence-electron chi connectivity index (χ0n) is 8.61. The first-order chi connectivity index (χ1) is 8.13. The quantitative estimate of drug-likeness (QED) is 0.808. The third-order valence-corrected chi connectivity index (χ3v) is 3.30. The number of benzene rings is 1. The van der Waals surface area contributed by atoms with Gasteiger partial charge in [0.25, 0.3) is 0 Å². The van der Waals surface area contributed by atoms with Gasteiger partial charge in [-0.05, 0) is 18.2 Å². The van der Waals surface area contributed by atoms with E-state index in [0.29, 0.717) is 27.6 Å². The number of hydrogen-bond acceptors (Lipinski definition) is 2. The van der Waals surface area contributed by atoms with E-state index in [9.17, 15) is 4.79 Å². The number of rotatable bonds is 3. The highest BCUT2D eigenvalue weighted by molar-refractivity contribution is 9.09. The molecule has 0 aliphatic carbocycles. The lowest BCUT2D eigenvalue weighted by atomic mass is 10.3. The number of nitrogens with zero attached hydrogens (tertiary/aromatic N) is 3. The molecule has 0 amide bonds. The monoisotopic (exact) mass is 335 g/mol. The molecule has 1 aromatic heterocycles. The van der Waals surface area contributed by atoms with Crippen LogP contribution in [0.1, 0.15) is 0 Å². The first-order valence-corrected chi connectivity index (χ1v) is 6.67. The van der Waals surface area contributed by atoms with Crippen molar-refractivity contribution in [3.8, 4) is 5.69 Å². The Hall–Kier alpha value is -0.780. The van der Waals surface area contributed by atoms with Gasteiger partial charge in [-0.3, -0.25) is 0 Å². The highest BCUT2D eigenvalue weighted by Gasteiger charge is 2.07. The molecule has 0 N–H and O–H groups in total. The van der Waals surface area contributed by atoms with E-state index in [0.717, 1.165) is 0 Å². The maximum atomic E-state index is 11.9. The van der Waals surface area contributed by atoms with Gasteiger partial charge in [0.1, 0.15) is 6.33 Å². The number of alkyl halides is 1. The van der Waals surface area contributed by atoms with Gasteiger partial charge < -0.3 is 0 Å². The van der Waals surface area contributed by atoms with Crippen LogP contribution >= 0.6 is 39.1 Å². The van der Waals surface area contributed by atoms with Crippen molar-refractivity contribution in [3.63, 3.8) is 0 Å². The van der Waals surface area contributed by atoms with Gasteiger partial charge in [0.15, 0.2) is 0 Å². The van der Waals surface area contributed by atoms with Crippen molar-refractivity contribution < 1.29 is 0 Å². The normalized spacial score (nSPS) is 10.8. The predicted molar refractivity (Wildman–Crippen MR) is 71.6 cm³/mol. The molecule has 2 rings (SSSR count).